The monoisotopic (exact) mass is 543 g/mol. The van der Waals surface area contributed by atoms with E-state index in [9.17, 15) is 9.18 Å². The number of imidazole rings is 1. The van der Waals surface area contributed by atoms with E-state index in [1.165, 1.54) is 12.8 Å². The van der Waals surface area contributed by atoms with Crippen LogP contribution in [0.25, 0.3) is 22.3 Å². The second-order valence-electron chi connectivity index (χ2n) is 11.6. The number of fused-ring (bicyclic) bond motifs is 7. The Hall–Kier alpha value is -3.95. The minimum atomic E-state index is -0.713. The Morgan fingerprint density at radius 3 is 2.75 bits per heavy atom. The van der Waals surface area contributed by atoms with Crippen LogP contribution in [0.1, 0.15) is 54.6 Å². The van der Waals surface area contributed by atoms with Gasteiger partial charge in [0.15, 0.2) is 0 Å². The summed E-state index contributed by atoms with van der Waals surface area (Å²) in [7, 11) is 1.86. The van der Waals surface area contributed by atoms with E-state index in [1.807, 2.05) is 26.1 Å². The Morgan fingerprint density at radius 2 is 1.95 bits per heavy atom. The van der Waals surface area contributed by atoms with E-state index in [0.717, 1.165) is 47.4 Å². The number of ether oxygens (including phenoxy) is 1. The molecule has 1 atom stereocenters. The molecule has 7 rings (SSSR count). The number of nitrogens with one attached hydrogen (secondary N) is 2. The molecular formula is C30H34FN7O2. The van der Waals surface area contributed by atoms with Crippen molar-refractivity contribution in [2.24, 2.45) is 18.9 Å². The first-order valence-electron chi connectivity index (χ1n) is 14.3. The van der Waals surface area contributed by atoms with Crippen LogP contribution in [0.5, 0.6) is 5.88 Å². The van der Waals surface area contributed by atoms with E-state index < -0.39 is 6.17 Å². The number of carbonyl (C=O) groups is 1. The van der Waals surface area contributed by atoms with E-state index >= 15 is 0 Å². The maximum atomic E-state index is 13.6. The van der Waals surface area contributed by atoms with Gasteiger partial charge in [0, 0.05) is 36.6 Å². The van der Waals surface area contributed by atoms with E-state index in [4.69, 9.17) is 9.72 Å². The molecule has 3 aromatic heterocycles. The predicted octanol–water partition coefficient (Wildman–Crippen LogP) is 5.50. The second-order valence-corrected chi connectivity index (χ2v) is 11.6. The van der Waals surface area contributed by atoms with Crippen molar-refractivity contribution >= 4 is 28.6 Å². The van der Waals surface area contributed by atoms with Crippen molar-refractivity contribution in [3.05, 3.63) is 47.8 Å². The first-order chi connectivity index (χ1) is 19.4. The maximum Gasteiger partial charge on any atom is 0.258 e. The number of amides is 1. The molecule has 4 heterocycles. The van der Waals surface area contributed by atoms with Gasteiger partial charge in [0.05, 0.1) is 35.1 Å². The van der Waals surface area contributed by atoms with Crippen LogP contribution in [0.3, 0.4) is 0 Å². The van der Waals surface area contributed by atoms with Crippen molar-refractivity contribution in [3.8, 4) is 17.1 Å². The summed E-state index contributed by atoms with van der Waals surface area (Å²) in [6.07, 6.45) is 6.49. The molecular weight excluding hydrogens is 509 g/mol. The number of carbonyl (C=O) groups excluding carboxylic acids is 1. The number of aromatic nitrogens is 5. The van der Waals surface area contributed by atoms with Gasteiger partial charge in [-0.05, 0) is 87.6 Å². The number of nitrogens with zero attached hydrogens (tertiary/aromatic N) is 5. The van der Waals surface area contributed by atoms with Gasteiger partial charge >= 0.3 is 0 Å². The average molecular weight is 544 g/mol. The molecule has 2 saturated carbocycles. The lowest BCUT2D eigenvalue weighted by atomic mass is 9.90. The molecule has 2 bridgehead atoms. The van der Waals surface area contributed by atoms with Crippen LogP contribution < -0.4 is 15.4 Å². The lowest BCUT2D eigenvalue weighted by molar-refractivity contribution is 0.102. The van der Waals surface area contributed by atoms with Gasteiger partial charge in [-0.1, -0.05) is 0 Å². The topological polar surface area (TPSA) is 98.9 Å². The molecule has 1 aromatic carbocycles. The Kier molecular flexibility index (Phi) is 6.20. The minimum Gasteiger partial charge on any atom is -0.477 e. The first kappa shape index (κ1) is 25.0. The van der Waals surface area contributed by atoms with Crippen molar-refractivity contribution in [3.63, 3.8) is 0 Å². The Bertz CT molecular complexity index is 1580. The van der Waals surface area contributed by atoms with Crippen molar-refractivity contribution in [2.75, 3.05) is 17.2 Å². The zero-order valence-corrected chi connectivity index (χ0v) is 22.9. The molecule has 3 aliphatic rings. The Morgan fingerprint density at radius 1 is 1.10 bits per heavy atom. The standard InChI is InChI=1S/C30H34FN7O2/c1-17-10-20-11-25(33-17)24-15-32-37(2)29(24)40-9-3-4-19(18-5-6-18)16-38-27-8-7-22(34-23-12-21(31)13-23)14-26(27)35-30(38)36-28(20)39/h7-8,10-11,14-15,18-19,21,23,34H,3-6,9,12-13,16H2,1-2H3,(H,35,36,39). The lowest BCUT2D eigenvalue weighted by Gasteiger charge is -2.31. The summed E-state index contributed by atoms with van der Waals surface area (Å²) in [5.41, 5.74) is 5.35. The molecule has 2 N–H and O–H groups in total. The largest absolute Gasteiger partial charge is 0.477 e. The van der Waals surface area contributed by atoms with Gasteiger partial charge < -0.3 is 14.6 Å². The number of anilines is 2. The molecule has 4 aromatic rings. The fraction of sp³-hybridized carbons (Fsp3) is 0.467. The number of rotatable bonds is 3. The summed E-state index contributed by atoms with van der Waals surface area (Å²) in [6.45, 7) is 3.23. The van der Waals surface area contributed by atoms with Crippen molar-refractivity contribution < 1.29 is 13.9 Å². The van der Waals surface area contributed by atoms with Gasteiger partial charge in [-0.15, -0.1) is 0 Å². The van der Waals surface area contributed by atoms with Gasteiger partial charge in [0.1, 0.15) is 6.17 Å². The van der Waals surface area contributed by atoms with Crippen molar-refractivity contribution in [2.45, 2.75) is 64.2 Å². The average Bonchev–Trinajstić information content (AvgIpc) is 3.61. The summed E-state index contributed by atoms with van der Waals surface area (Å²) in [5, 5.41) is 10.9. The minimum absolute atomic E-state index is 0.151. The van der Waals surface area contributed by atoms with Crippen LogP contribution >= 0.6 is 0 Å². The zero-order valence-electron chi connectivity index (χ0n) is 22.9. The zero-order chi connectivity index (χ0) is 27.4. The van der Waals surface area contributed by atoms with Crippen LogP contribution in [0.4, 0.5) is 16.0 Å². The fourth-order valence-corrected chi connectivity index (χ4v) is 6.08. The molecule has 208 valence electrons. The van der Waals surface area contributed by atoms with E-state index in [0.29, 0.717) is 54.4 Å². The quantitative estimate of drug-likeness (QED) is 0.354. The summed E-state index contributed by atoms with van der Waals surface area (Å²) in [6, 6.07) is 9.81. The summed E-state index contributed by atoms with van der Waals surface area (Å²) >= 11 is 0. The van der Waals surface area contributed by atoms with Crippen molar-refractivity contribution in [1.82, 2.24) is 24.3 Å². The third kappa shape index (κ3) is 4.80. The number of aryl methyl sites for hydroxylation is 2. The molecule has 1 aliphatic heterocycles. The third-order valence-corrected chi connectivity index (χ3v) is 8.46. The predicted molar refractivity (Wildman–Crippen MR) is 151 cm³/mol. The molecule has 2 fully saturated rings. The first-order valence-corrected chi connectivity index (χ1v) is 14.3. The van der Waals surface area contributed by atoms with Crippen LogP contribution in [0, 0.1) is 18.8 Å². The number of halogens is 1. The van der Waals surface area contributed by atoms with E-state index in [2.05, 4.69) is 31.3 Å². The number of benzene rings is 1. The van der Waals surface area contributed by atoms with E-state index in [1.54, 1.807) is 23.0 Å². The second kappa shape index (κ2) is 9.91. The van der Waals surface area contributed by atoms with Crippen molar-refractivity contribution in [1.29, 1.82) is 0 Å². The normalized spacial score (nSPS) is 23.2. The highest BCUT2D eigenvalue weighted by Gasteiger charge is 2.33. The molecule has 10 heteroatoms. The smallest absolute Gasteiger partial charge is 0.258 e. The summed E-state index contributed by atoms with van der Waals surface area (Å²) in [4.78, 5) is 23.2. The van der Waals surface area contributed by atoms with Gasteiger partial charge in [0.25, 0.3) is 5.91 Å². The Labute approximate surface area is 232 Å². The maximum absolute atomic E-state index is 13.6. The summed E-state index contributed by atoms with van der Waals surface area (Å²) in [5.74, 6) is 2.08. The van der Waals surface area contributed by atoms with E-state index in [-0.39, 0.29) is 11.9 Å². The van der Waals surface area contributed by atoms with Crippen LogP contribution in [-0.2, 0) is 13.6 Å². The SMILES string of the molecule is Cc1cc2cc(n1)-c1cnn(C)c1OCCCC(C1CC1)Cn1c(nc3cc(NC4CC(F)C4)ccc31)NC2=O. The van der Waals surface area contributed by atoms with Crippen LogP contribution in [0.15, 0.2) is 36.5 Å². The number of hydrogen-bond donors (Lipinski definition) is 2. The fourth-order valence-electron chi connectivity index (χ4n) is 6.08. The third-order valence-electron chi connectivity index (χ3n) is 8.46. The summed E-state index contributed by atoms with van der Waals surface area (Å²) < 4.78 is 23.5. The highest BCUT2D eigenvalue weighted by Crippen LogP contribution is 2.41. The van der Waals surface area contributed by atoms with Gasteiger partial charge in [-0.2, -0.15) is 5.10 Å². The molecule has 2 aliphatic carbocycles. The molecule has 1 unspecified atom stereocenters. The molecule has 40 heavy (non-hydrogen) atoms. The highest BCUT2D eigenvalue weighted by molar-refractivity contribution is 6.05. The lowest BCUT2D eigenvalue weighted by Crippen LogP contribution is -2.36. The van der Waals surface area contributed by atoms with Gasteiger partial charge in [0.2, 0.25) is 11.8 Å². The number of alkyl halides is 1. The number of hydrogen-bond acceptors (Lipinski definition) is 6. The molecule has 9 nitrogen and oxygen atoms in total. The van der Waals surface area contributed by atoms with Gasteiger partial charge in [-0.25, -0.2) is 14.1 Å². The molecule has 0 radical (unpaired) electrons. The number of pyridine rings is 1. The highest BCUT2D eigenvalue weighted by atomic mass is 19.1. The molecule has 0 spiro atoms. The Balaban J connectivity index is 1.28. The molecule has 1 amide bonds. The van der Waals surface area contributed by atoms with Crippen LogP contribution in [-0.4, -0.2) is 49.0 Å². The van der Waals surface area contributed by atoms with Crippen LogP contribution in [0.2, 0.25) is 0 Å². The molecule has 0 saturated heterocycles. The van der Waals surface area contributed by atoms with Gasteiger partial charge in [-0.3, -0.25) is 15.1 Å².